The summed E-state index contributed by atoms with van der Waals surface area (Å²) in [5, 5.41) is 17.2. The van der Waals surface area contributed by atoms with Crippen molar-refractivity contribution >= 4 is 5.69 Å². The molecule has 1 aromatic heterocycles. The first-order chi connectivity index (χ1) is 9.15. The number of aryl methyl sites for hydroxylation is 2. The third-order valence-electron chi connectivity index (χ3n) is 2.73. The molecule has 5 heteroatoms. The lowest BCUT2D eigenvalue weighted by atomic mass is 10.3. The van der Waals surface area contributed by atoms with Crippen molar-refractivity contribution < 1.29 is 9.84 Å². The third-order valence-corrected chi connectivity index (χ3v) is 2.73. The highest BCUT2D eigenvalue weighted by molar-refractivity contribution is 5.45. The van der Waals surface area contributed by atoms with Crippen LogP contribution in [0.2, 0.25) is 0 Å². The minimum Gasteiger partial charge on any atom is -0.491 e. The molecule has 0 aliphatic carbocycles. The zero-order chi connectivity index (χ0) is 13.7. The maximum Gasteiger partial charge on any atom is 0.119 e. The fraction of sp³-hybridized carbons (Fsp3) is 0.357. The number of ether oxygens (including phenoxy) is 1. The van der Waals surface area contributed by atoms with Gasteiger partial charge < -0.3 is 15.2 Å². The zero-order valence-electron chi connectivity index (χ0n) is 11.2. The van der Waals surface area contributed by atoms with Crippen LogP contribution in [0.5, 0.6) is 5.75 Å². The van der Waals surface area contributed by atoms with E-state index in [-0.39, 0.29) is 6.61 Å². The van der Waals surface area contributed by atoms with Crippen LogP contribution in [0.4, 0.5) is 5.69 Å². The normalized spacial score (nSPS) is 12.2. The molecule has 0 saturated carbocycles. The van der Waals surface area contributed by atoms with Crippen molar-refractivity contribution in [2.75, 3.05) is 18.5 Å². The highest BCUT2D eigenvalue weighted by Crippen LogP contribution is 2.12. The fourth-order valence-electron chi connectivity index (χ4n) is 1.77. The van der Waals surface area contributed by atoms with Crippen LogP contribution in [0.25, 0.3) is 0 Å². The molecule has 2 N–H and O–H groups in total. The lowest BCUT2D eigenvalue weighted by Gasteiger charge is -2.13. The standard InChI is InChI=1S/C14H19N3O2/c1-11-14(9-17(2)16-11)15-8-12(18)10-19-13-6-4-3-5-7-13/h3-7,9,12,15,18H,8,10H2,1-2H3. The first-order valence-corrected chi connectivity index (χ1v) is 6.25. The van der Waals surface area contributed by atoms with Gasteiger partial charge in [0.25, 0.3) is 0 Å². The Labute approximate surface area is 112 Å². The minimum atomic E-state index is -0.570. The molecule has 1 heterocycles. The van der Waals surface area contributed by atoms with Crippen LogP contribution in [-0.2, 0) is 7.05 Å². The van der Waals surface area contributed by atoms with E-state index < -0.39 is 6.10 Å². The quantitative estimate of drug-likeness (QED) is 0.829. The Balaban J connectivity index is 1.76. The number of rotatable bonds is 6. The molecule has 0 amide bonds. The largest absolute Gasteiger partial charge is 0.491 e. The summed E-state index contributed by atoms with van der Waals surface area (Å²) < 4.78 is 7.22. The van der Waals surface area contributed by atoms with Crippen LogP contribution in [0.1, 0.15) is 5.69 Å². The highest BCUT2D eigenvalue weighted by Gasteiger charge is 2.07. The van der Waals surface area contributed by atoms with E-state index in [1.165, 1.54) is 0 Å². The van der Waals surface area contributed by atoms with Gasteiger partial charge in [-0.2, -0.15) is 5.10 Å². The molecule has 0 spiro atoms. The average molecular weight is 261 g/mol. The van der Waals surface area contributed by atoms with Crippen molar-refractivity contribution in [1.82, 2.24) is 9.78 Å². The topological polar surface area (TPSA) is 59.3 Å². The molecule has 0 radical (unpaired) electrons. The smallest absolute Gasteiger partial charge is 0.119 e. The molecule has 0 aliphatic heterocycles. The van der Waals surface area contributed by atoms with Gasteiger partial charge in [0.05, 0.1) is 11.4 Å². The molecule has 0 saturated heterocycles. The van der Waals surface area contributed by atoms with Crippen molar-refractivity contribution in [3.05, 3.63) is 42.2 Å². The summed E-state index contributed by atoms with van der Waals surface area (Å²) in [6, 6.07) is 9.46. The molecule has 0 fully saturated rings. The van der Waals surface area contributed by atoms with Crippen molar-refractivity contribution in [3.63, 3.8) is 0 Å². The van der Waals surface area contributed by atoms with Gasteiger partial charge >= 0.3 is 0 Å². The molecule has 2 rings (SSSR count). The van der Waals surface area contributed by atoms with Crippen LogP contribution >= 0.6 is 0 Å². The van der Waals surface area contributed by atoms with Gasteiger partial charge in [-0.3, -0.25) is 4.68 Å². The Hall–Kier alpha value is -2.01. The summed E-state index contributed by atoms with van der Waals surface area (Å²) in [7, 11) is 1.87. The molecule has 1 aromatic carbocycles. The molecular weight excluding hydrogens is 242 g/mol. The molecule has 1 atom stereocenters. The number of hydrogen-bond acceptors (Lipinski definition) is 4. The Kier molecular flexibility index (Phi) is 4.41. The molecule has 19 heavy (non-hydrogen) atoms. The number of nitrogens with one attached hydrogen (secondary N) is 1. The molecule has 1 unspecified atom stereocenters. The van der Waals surface area contributed by atoms with Gasteiger partial charge in [-0.1, -0.05) is 18.2 Å². The highest BCUT2D eigenvalue weighted by atomic mass is 16.5. The second-order valence-corrected chi connectivity index (χ2v) is 4.46. The lowest BCUT2D eigenvalue weighted by molar-refractivity contribution is 0.117. The van der Waals surface area contributed by atoms with E-state index in [4.69, 9.17) is 4.74 Å². The number of aliphatic hydroxyl groups is 1. The molecule has 0 bridgehead atoms. The minimum absolute atomic E-state index is 0.260. The lowest BCUT2D eigenvalue weighted by Crippen LogP contribution is -2.26. The SMILES string of the molecule is Cc1nn(C)cc1NCC(O)COc1ccccc1. The maximum absolute atomic E-state index is 9.85. The Morgan fingerprint density at radius 3 is 2.74 bits per heavy atom. The van der Waals surface area contributed by atoms with Crippen LogP contribution in [-0.4, -0.2) is 34.1 Å². The van der Waals surface area contributed by atoms with E-state index in [2.05, 4.69) is 10.4 Å². The predicted octanol–water partition coefficient (Wildman–Crippen LogP) is 1.58. The van der Waals surface area contributed by atoms with Crippen LogP contribution < -0.4 is 10.1 Å². The van der Waals surface area contributed by atoms with Crippen LogP contribution in [0.15, 0.2) is 36.5 Å². The second kappa shape index (κ2) is 6.24. The van der Waals surface area contributed by atoms with E-state index >= 15 is 0 Å². The van der Waals surface area contributed by atoms with Gasteiger partial charge in [-0.15, -0.1) is 0 Å². The van der Waals surface area contributed by atoms with Crippen LogP contribution in [0, 0.1) is 6.92 Å². The first kappa shape index (κ1) is 13.4. The zero-order valence-corrected chi connectivity index (χ0v) is 11.2. The first-order valence-electron chi connectivity index (χ1n) is 6.25. The van der Waals surface area contributed by atoms with Gasteiger partial charge in [0.15, 0.2) is 0 Å². The summed E-state index contributed by atoms with van der Waals surface area (Å²) in [6.45, 7) is 2.62. The molecule has 2 aromatic rings. The van der Waals surface area contributed by atoms with Crippen molar-refractivity contribution in [3.8, 4) is 5.75 Å². The number of benzene rings is 1. The number of aliphatic hydroxyl groups excluding tert-OH is 1. The van der Waals surface area contributed by atoms with E-state index in [0.29, 0.717) is 6.54 Å². The molecule has 0 aliphatic rings. The van der Waals surface area contributed by atoms with E-state index in [0.717, 1.165) is 17.1 Å². The van der Waals surface area contributed by atoms with Gasteiger partial charge in [0.1, 0.15) is 18.5 Å². The Bertz CT molecular complexity index is 511. The molecule has 102 valence electrons. The van der Waals surface area contributed by atoms with Crippen LogP contribution in [0.3, 0.4) is 0 Å². The average Bonchev–Trinajstić information content (AvgIpc) is 2.73. The number of nitrogens with zero attached hydrogens (tertiary/aromatic N) is 2. The van der Waals surface area contributed by atoms with E-state index in [9.17, 15) is 5.11 Å². The summed E-state index contributed by atoms with van der Waals surface area (Å²) in [5.74, 6) is 0.763. The summed E-state index contributed by atoms with van der Waals surface area (Å²) in [5.41, 5.74) is 1.85. The number of para-hydroxylation sites is 1. The summed E-state index contributed by atoms with van der Waals surface area (Å²) >= 11 is 0. The Morgan fingerprint density at radius 2 is 2.11 bits per heavy atom. The molecule has 5 nitrogen and oxygen atoms in total. The second-order valence-electron chi connectivity index (χ2n) is 4.46. The van der Waals surface area contributed by atoms with E-state index in [1.807, 2.05) is 50.5 Å². The number of aromatic nitrogens is 2. The third kappa shape index (κ3) is 3.99. The summed E-state index contributed by atoms with van der Waals surface area (Å²) in [6.07, 6.45) is 1.32. The maximum atomic E-state index is 9.85. The number of hydrogen-bond donors (Lipinski definition) is 2. The summed E-state index contributed by atoms with van der Waals surface area (Å²) in [4.78, 5) is 0. The monoisotopic (exact) mass is 261 g/mol. The van der Waals surface area contributed by atoms with Gasteiger partial charge in [-0.25, -0.2) is 0 Å². The molecular formula is C14H19N3O2. The van der Waals surface area contributed by atoms with Gasteiger partial charge in [-0.05, 0) is 19.1 Å². The van der Waals surface area contributed by atoms with E-state index in [1.54, 1.807) is 4.68 Å². The fourth-order valence-corrected chi connectivity index (χ4v) is 1.77. The van der Waals surface area contributed by atoms with Crippen molar-refractivity contribution in [2.45, 2.75) is 13.0 Å². The van der Waals surface area contributed by atoms with Gasteiger partial charge in [0.2, 0.25) is 0 Å². The predicted molar refractivity (Wildman–Crippen MR) is 74.4 cm³/mol. The number of anilines is 1. The van der Waals surface area contributed by atoms with Crippen molar-refractivity contribution in [1.29, 1.82) is 0 Å². The van der Waals surface area contributed by atoms with Gasteiger partial charge in [0, 0.05) is 19.8 Å². The Morgan fingerprint density at radius 1 is 1.37 bits per heavy atom. The van der Waals surface area contributed by atoms with Crippen molar-refractivity contribution in [2.24, 2.45) is 7.05 Å².